The predicted molar refractivity (Wildman–Crippen MR) is 59.1 cm³/mol. The van der Waals surface area contributed by atoms with Crippen molar-refractivity contribution in [2.45, 2.75) is 59.3 Å². The van der Waals surface area contributed by atoms with Gasteiger partial charge in [0.05, 0.1) is 0 Å². The standard InChI is InChI=1S/C9H21P.CH4/c1-8(2,3)10(7)9(4,5)6;/h1-7H3;1H4. The van der Waals surface area contributed by atoms with E-state index in [1.807, 2.05) is 0 Å². The van der Waals surface area contributed by atoms with E-state index in [9.17, 15) is 0 Å². The van der Waals surface area contributed by atoms with Gasteiger partial charge in [0.15, 0.2) is 0 Å². The first-order valence-corrected chi connectivity index (χ1v) is 5.68. The lowest BCUT2D eigenvalue weighted by atomic mass is 10.2. The molecule has 0 unspecified atom stereocenters. The minimum absolute atomic E-state index is 0. The lowest BCUT2D eigenvalue weighted by Crippen LogP contribution is -2.23. The summed E-state index contributed by atoms with van der Waals surface area (Å²) in [6, 6.07) is 0. The zero-order valence-corrected chi connectivity index (χ0v) is 9.34. The van der Waals surface area contributed by atoms with E-state index in [4.69, 9.17) is 0 Å². The van der Waals surface area contributed by atoms with Crippen LogP contribution in [0.25, 0.3) is 0 Å². The van der Waals surface area contributed by atoms with Crippen molar-refractivity contribution in [2.24, 2.45) is 0 Å². The molecular weight excluding hydrogens is 151 g/mol. The molecule has 0 rings (SSSR count). The van der Waals surface area contributed by atoms with E-state index in [0.717, 1.165) is 0 Å². The van der Waals surface area contributed by atoms with Crippen molar-refractivity contribution in [1.82, 2.24) is 0 Å². The molecule has 0 aliphatic rings. The Bertz CT molecular complexity index is 89.0. The minimum Gasteiger partial charge on any atom is -0.0988 e. The van der Waals surface area contributed by atoms with E-state index in [2.05, 4.69) is 48.2 Å². The first-order valence-electron chi connectivity index (χ1n) is 3.89. The molecule has 70 valence electrons. The summed E-state index contributed by atoms with van der Waals surface area (Å²) >= 11 is 0. The molecule has 0 atom stereocenters. The van der Waals surface area contributed by atoms with Crippen LogP contribution in [0.15, 0.2) is 0 Å². The summed E-state index contributed by atoms with van der Waals surface area (Å²) in [6.07, 6.45) is 0. The fourth-order valence-electron chi connectivity index (χ4n) is 1.01. The first-order chi connectivity index (χ1) is 4.15. The van der Waals surface area contributed by atoms with Gasteiger partial charge in [0, 0.05) is 0 Å². The Morgan fingerprint density at radius 3 is 0.909 bits per heavy atom. The minimum atomic E-state index is 0. The highest BCUT2D eigenvalue weighted by molar-refractivity contribution is 7.60. The third-order valence-corrected chi connectivity index (χ3v) is 6.04. The molecule has 0 aromatic carbocycles. The fraction of sp³-hybridized carbons (Fsp3) is 1.00. The maximum atomic E-state index is 2.40. The maximum absolute atomic E-state index is 2.40. The molecule has 0 aliphatic heterocycles. The summed E-state index contributed by atoms with van der Waals surface area (Å²) in [5.74, 6) is 0. The van der Waals surface area contributed by atoms with E-state index in [-0.39, 0.29) is 15.3 Å². The van der Waals surface area contributed by atoms with Gasteiger partial charge in [-0.15, -0.1) is 0 Å². The molecule has 0 aromatic heterocycles. The summed E-state index contributed by atoms with van der Waals surface area (Å²) in [7, 11) is 0.137. The molecule has 0 fully saturated rings. The Hall–Kier alpha value is 0.430. The van der Waals surface area contributed by atoms with Crippen LogP contribution in [0.4, 0.5) is 0 Å². The first kappa shape index (κ1) is 14.0. The summed E-state index contributed by atoms with van der Waals surface area (Å²) in [4.78, 5) is 0. The molecule has 0 saturated carbocycles. The molecule has 0 aromatic rings. The van der Waals surface area contributed by atoms with Crippen LogP contribution in [0, 0.1) is 0 Å². The molecule has 0 aliphatic carbocycles. The molecule has 0 saturated heterocycles. The highest BCUT2D eigenvalue weighted by Crippen LogP contribution is 2.55. The lowest BCUT2D eigenvalue weighted by molar-refractivity contribution is 0.711. The molecule has 11 heavy (non-hydrogen) atoms. The van der Waals surface area contributed by atoms with Gasteiger partial charge < -0.3 is 0 Å². The van der Waals surface area contributed by atoms with Gasteiger partial charge in [0.25, 0.3) is 0 Å². The normalized spacial score (nSPS) is 13.1. The number of rotatable bonds is 0. The molecule has 0 amide bonds. The van der Waals surface area contributed by atoms with Gasteiger partial charge in [-0.1, -0.05) is 56.9 Å². The second kappa shape index (κ2) is 3.90. The van der Waals surface area contributed by atoms with Gasteiger partial charge >= 0.3 is 0 Å². The molecular formula is C10H25P. The number of hydrogen-bond acceptors (Lipinski definition) is 0. The van der Waals surface area contributed by atoms with Crippen molar-refractivity contribution in [3.8, 4) is 0 Å². The average Bonchev–Trinajstić information content (AvgIpc) is 1.59. The number of hydrogen-bond donors (Lipinski definition) is 0. The maximum Gasteiger partial charge on any atom is -0.0177 e. The third-order valence-electron chi connectivity index (χ3n) is 2.01. The molecule has 0 heterocycles. The summed E-state index contributed by atoms with van der Waals surface area (Å²) in [6.45, 7) is 16.4. The smallest absolute Gasteiger partial charge is 0.0177 e. The van der Waals surface area contributed by atoms with Crippen LogP contribution in [0.5, 0.6) is 0 Å². The lowest BCUT2D eigenvalue weighted by Gasteiger charge is -2.38. The van der Waals surface area contributed by atoms with E-state index in [1.165, 1.54) is 0 Å². The zero-order chi connectivity index (χ0) is 8.58. The SMILES string of the molecule is C.CP(C(C)(C)C)C(C)(C)C. The molecule has 0 nitrogen and oxygen atoms in total. The second-order valence-corrected chi connectivity index (χ2v) is 8.70. The monoisotopic (exact) mass is 176 g/mol. The van der Waals surface area contributed by atoms with Crippen LogP contribution in [0.3, 0.4) is 0 Å². The predicted octanol–water partition coefficient (Wildman–Crippen LogP) is 4.33. The van der Waals surface area contributed by atoms with Crippen molar-refractivity contribution < 1.29 is 0 Å². The van der Waals surface area contributed by atoms with E-state index < -0.39 is 0 Å². The molecule has 1 heteroatoms. The van der Waals surface area contributed by atoms with Gasteiger partial charge in [-0.3, -0.25) is 0 Å². The van der Waals surface area contributed by atoms with Crippen LogP contribution < -0.4 is 0 Å². The van der Waals surface area contributed by atoms with Crippen molar-refractivity contribution in [2.75, 3.05) is 6.66 Å². The van der Waals surface area contributed by atoms with Gasteiger partial charge in [-0.05, 0) is 17.0 Å². The largest absolute Gasteiger partial charge is 0.0988 e. The summed E-state index contributed by atoms with van der Waals surface area (Å²) in [5.41, 5.74) is 0. The second-order valence-electron chi connectivity index (χ2n) is 4.90. The third kappa shape index (κ3) is 4.80. The van der Waals surface area contributed by atoms with Crippen LogP contribution in [-0.4, -0.2) is 17.0 Å². The highest BCUT2D eigenvalue weighted by Gasteiger charge is 2.29. The Kier molecular flexibility index (Phi) is 4.95. The van der Waals surface area contributed by atoms with Crippen molar-refractivity contribution in [3.63, 3.8) is 0 Å². The van der Waals surface area contributed by atoms with Crippen molar-refractivity contribution in [1.29, 1.82) is 0 Å². The van der Waals surface area contributed by atoms with Crippen LogP contribution in [0.2, 0.25) is 0 Å². The zero-order valence-electron chi connectivity index (χ0n) is 8.45. The van der Waals surface area contributed by atoms with E-state index in [1.54, 1.807) is 0 Å². The molecule has 0 radical (unpaired) electrons. The summed E-state index contributed by atoms with van der Waals surface area (Å²) < 4.78 is 0. The van der Waals surface area contributed by atoms with Crippen LogP contribution >= 0.6 is 7.92 Å². The van der Waals surface area contributed by atoms with E-state index >= 15 is 0 Å². The van der Waals surface area contributed by atoms with Gasteiger partial charge in [-0.25, -0.2) is 0 Å². The molecule has 0 N–H and O–H groups in total. The Morgan fingerprint density at radius 1 is 0.727 bits per heavy atom. The summed E-state index contributed by atoms with van der Waals surface area (Å²) in [5, 5.41) is 1.02. The average molecular weight is 176 g/mol. The van der Waals surface area contributed by atoms with Crippen molar-refractivity contribution >= 4 is 7.92 Å². The highest BCUT2D eigenvalue weighted by atomic mass is 31.1. The van der Waals surface area contributed by atoms with Gasteiger partial charge in [-0.2, -0.15) is 0 Å². The molecule has 0 spiro atoms. The fourth-order valence-corrected chi connectivity index (χ4v) is 3.02. The Balaban J connectivity index is 0. The van der Waals surface area contributed by atoms with Gasteiger partial charge in [0.2, 0.25) is 0 Å². The Morgan fingerprint density at radius 2 is 0.909 bits per heavy atom. The topological polar surface area (TPSA) is 0 Å². The van der Waals surface area contributed by atoms with Crippen LogP contribution in [-0.2, 0) is 0 Å². The quantitative estimate of drug-likeness (QED) is 0.482. The molecule has 0 bridgehead atoms. The van der Waals surface area contributed by atoms with Gasteiger partial charge in [0.1, 0.15) is 0 Å². The van der Waals surface area contributed by atoms with E-state index in [0.29, 0.717) is 10.3 Å². The van der Waals surface area contributed by atoms with Crippen LogP contribution in [0.1, 0.15) is 49.0 Å². The Labute approximate surface area is 74.5 Å². The van der Waals surface area contributed by atoms with Crippen molar-refractivity contribution in [3.05, 3.63) is 0 Å².